The van der Waals surface area contributed by atoms with Gasteiger partial charge in [-0.3, -0.25) is 0 Å². The van der Waals surface area contributed by atoms with E-state index in [-0.39, 0.29) is 11.3 Å². The van der Waals surface area contributed by atoms with Gasteiger partial charge in [0, 0.05) is 0 Å². The number of rotatable bonds is 3. The third kappa shape index (κ3) is 2.82. The van der Waals surface area contributed by atoms with Gasteiger partial charge in [-0.15, -0.1) is 0 Å². The Balaban J connectivity index is 2.89. The van der Waals surface area contributed by atoms with Gasteiger partial charge < -0.3 is 13.5 Å². The lowest BCUT2D eigenvalue weighted by atomic mass is 10.2. The first-order valence-electron chi connectivity index (χ1n) is 3.59. The van der Waals surface area contributed by atoms with Gasteiger partial charge in [-0.1, -0.05) is 6.07 Å². The summed E-state index contributed by atoms with van der Waals surface area (Å²) < 4.78 is 29.2. The molecule has 14 heavy (non-hydrogen) atoms. The van der Waals surface area contributed by atoms with Crippen LogP contribution < -0.4 is 4.18 Å². The normalized spacial score (nSPS) is 11.9. The smallest absolute Gasteiger partial charge is 0.337 e. The van der Waals surface area contributed by atoms with Gasteiger partial charge in [-0.25, -0.2) is 9.00 Å². The van der Waals surface area contributed by atoms with Crippen molar-refractivity contribution in [2.45, 2.75) is 0 Å². The van der Waals surface area contributed by atoms with Crippen LogP contribution in [0.1, 0.15) is 10.4 Å². The van der Waals surface area contributed by atoms with Crippen molar-refractivity contribution in [2.24, 2.45) is 0 Å². The molecule has 0 saturated heterocycles. The van der Waals surface area contributed by atoms with Crippen LogP contribution in [0.2, 0.25) is 0 Å². The first-order valence-corrected chi connectivity index (χ1v) is 4.59. The number of esters is 1. The molecule has 0 N–H and O–H groups in total. The summed E-state index contributed by atoms with van der Waals surface area (Å²) in [6.45, 7) is 0. The zero-order valence-electron chi connectivity index (χ0n) is 7.26. The zero-order chi connectivity index (χ0) is 10.6. The maximum absolute atomic E-state index is 11.0. The van der Waals surface area contributed by atoms with Gasteiger partial charge >= 0.3 is 5.97 Å². The molecular weight excluding hydrogens is 208 g/mol. The second-order valence-electron chi connectivity index (χ2n) is 2.31. The van der Waals surface area contributed by atoms with Crippen LogP contribution in [0.5, 0.6) is 5.75 Å². The predicted molar refractivity (Wildman–Crippen MR) is 47.3 cm³/mol. The van der Waals surface area contributed by atoms with Crippen molar-refractivity contribution in [1.82, 2.24) is 0 Å². The number of benzene rings is 1. The second-order valence-corrected chi connectivity index (χ2v) is 2.88. The number of methoxy groups -OCH3 is 1. The van der Waals surface area contributed by atoms with E-state index < -0.39 is 17.3 Å². The average molecular weight is 215 g/mol. The Morgan fingerprint density at radius 1 is 1.50 bits per heavy atom. The minimum absolute atomic E-state index is 0.0706. The van der Waals surface area contributed by atoms with Crippen molar-refractivity contribution in [2.75, 3.05) is 7.11 Å². The molecule has 0 aliphatic heterocycles. The van der Waals surface area contributed by atoms with Gasteiger partial charge in [-0.05, 0) is 18.2 Å². The first kappa shape index (κ1) is 10.7. The van der Waals surface area contributed by atoms with E-state index in [9.17, 15) is 13.6 Å². The lowest BCUT2D eigenvalue weighted by Crippen LogP contribution is -2.03. The summed E-state index contributed by atoms with van der Waals surface area (Å²) >= 11 is -2.64. The molecule has 1 rings (SSSR count). The highest BCUT2D eigenvalue weighted by molar-refractivity contribution is 7.74. The summed E-state index contributed by atoms with van der Waals surface area (Å²) in [5.41, 5.74) is 0.232. The van der Waals surface area contributed by atoms with Crippen LogP contribution in [0.25, 0.3) is 0 Å². The summed E-state index contributed by atoms with van der Waals surface area (Å²) in [5, 5.41) is 0. The highest BCUT2D eigenvalue weighted by Gasteiger charge is 2.05. The molecule has 1 atom stereocenters. The van der Waals surface area contributed by atoms with Gasteiger partial charge in [-0.2, -0.15) is 0 Å². The molecule has 0 radical (unpaired) electrons. The Labute approximate surface area is 83.1 Å². The Kier molecular flexibility index (Phi) is 3.61. The van der Waals surface area contributed by atoms with Crippen LogP contribution in [0, 0.1) is 0 Å². The molecule has 0 spiro atoms. The maximum Gasteiger partial charge on any atom is 0.337 e. The fraction of sp³-hybridized carbons (Fsp3) is 0.125. The van der Waals surface area contributed by atoms with E-state index in [1.807, 2.05) is 0 Å². The Morgan fingerprint density at radius 3 is 2.79 bits per heavy atom. The first-order chi connectivity index (χ1) is 6.63. The second kappa shape index (κ2) is 4.73. The molecule has 1 aromatic rings. The van der Waals surface area contributed by atoms with Crippen molar-refractivity contribution in [1.29, 1.82) is 0 Å². The molecule has 0 heterocycles. The van der Waals surface area contributed by atoms with Crippen molar-refractivity contribution >= 4 is 17.3 Å². The van der Waals surface area contributed by atoms with Crippen molar-refractivity contribution in [3.05, 3.63) is 29.8 Å². The SMILES string of the molecule is COC(=O)c1cccc(OS(=O)[O-])c1. The van der Waals surface area contributed by atoms with Crippen LogP contribution in [0.15, 0.2) is 24.3 Å². The van der Waals surface area contributed by atoms with Crippen LogP contribution in [0.4, 0.5) is 0 Å². The monoisotopic (exact) mass is 215 g/mol. The standard InChI is InChI=1S/C8H8O5S/c1-12-8(9)6-3-2-4-7(5-6)13-14(10)11/h2-5H,1H3,(H,10,11)/p-1. The number of ether oxygens (including phenoxy) is 1. The molecule has 1 unspecified atom stereocenters. The topological polar surface area (TPSA) is 75.7 Å². The van der Waals surface area contributed by atoms with E-state index in [0.717, 1.165) is 0 Å². The molecule has 0 fully saturated rings. The zero-order valence-corrected chi connectivity index (χ0v) is 8.08. The minimum atomic E-state index is -2.64. The summed E-state index contributed by atoms with van der Waals surface area (Å²) in [6.07, 6.45) is 0. The number of carbonyl (C=O) groups excluding carboxylic acids is 1. The molecule has 0 aromatic heterocycles. The van der Waals surface area contributed by atoms with Gasteiger partial charge in [0.1, 0.15) is 17.1 Å². The van der Waals surface area contributed by atoms with Crippen LogP contribution in [-0.2, 0) is 16.1 Å². The number of hydrogen-bond acceptors (Lipinski definition) is 5. The van der Waals surface area contributed by atoms with E-state index in [4.69, 9.17) is 0 Å². The summed E-state index contributed by atoms with van der Waals surface area (Å²) in [7, 11) is 1.24. The summed E-state index contributed by atoms with van der Waals surface area (Å²) in [5.74, 6) is -0.478. The molecule has 0 bridgehead atoms. The van der Waals surface area contributed by atoms with Crippen LogP contribution >= 0.6 is 0 Å². The predicted octanol–water partition coefficient (Wildman–Crippen LogP) is 0.646. The summed E-state index contributed by atoms with van der Waals surface area (Å²) in [6, 6.07) is 5.69. The lowest BCUT2D eigenvalue weighted by molar-refractivity contribution is 0.0600. The van der Waals surface area contributed by atoms with E-state index in [0.29, 0.717) is 0 Å². The van der Waals surface area contributed by atoms with E-state index >= 15 is 0 Å². The van der Waals surface area contributed by atoms with E-state index in [1.54, 1.807) is 0 Å². The maximum atomic E-state index is 11.0. The molecule has 0 amide bonds. The minimum Gasteiger partial charge on any atom is -0.740 e. The molecule has 0 saturated carbocycles. The van der Waals surface area contributed by atoms with Gasteiger partial charge in [0.25, 0.3) is 0 Å². The quantitative estimate of drug-likeness (QED) is 0.546. The van der Waals surface area contributed by atoms with Gasteiger partial charge in [0.15, 0.2) is 0 Å². The molecule has 5 nitrogen and oxygen atoms in total. The third-order valence-corrected chi connectivity index (χ3v) is 1.75. The Hall–Kier alpha value is -1.40. The summed E-state index contributed by atoms with van der Waals surface area (Å²) in [4.78, 5) is 11.0. The molecule has 0 aliphatic rings. The molecular formula is C8H7O5S-. The highest BCUT2D eigenvalue weighted by atomic mass is 32.2. The third-order valence-electron chi connectivity index (χ3n) is 1.42. The Morgan fingerprint density at radius 2 is 2.21 bits per heavy atom. The fourth-order valence-corrected chi connectivity index (χ4v) is 1.13. The number of hydrogen-bond donors (Lipinski definition) is 0. The largest absolute Gasteiger partial charge is 0.740 e. The van der Waals surface area contributed by atoms with Gasteiger partial charge in [0.2, 0.25) is 0 Å². The van der Waals surface area contributed by atoms with Gasteiger partial charge in [0.05, 0.1) is 12.7 Å². The van der Waals surface area contributed by atoms with Crippen molar-refractivity contribution in [3.63, 3.8) is 0 Å². The molecule has 1 aromatic carbocycles. The van der Waals surface area contributed by atoms with Crippen LogP contribution in [0.3, 0.4) is 0 Å². The Bertz CT molecular complexity index is 363. The van der Waals surface area contributed by atoms with Crippen LogP contribution in [-0.4, -0.2) is 21.8 Å². The highest BCUT2D eigenvalue weighted by Crippen LogP contribution is 2.14. The average Bonchev–Trinajstić information content (AvgIpc) is 2.16. The van der Waals surface area contributed by atoms with E-state index in [2.05, 4.69) is 8.92 Å². The molecule has 76 valence electrons. The molecule has 0 aliphatic carbocycles. The van der Waals surface area contributed by atoms with Crippen molar-refractivity contribution in [3.8, 4) is 5.75 Å². The lowest BCUT2D eigenvalue weighted by Gasteiger charge is -2.07. The molecule has 6 heteroatoms. The number of carbonyl (C=O) groups is 1. The van der Waals surface area contributed by atoms with Crippen molar-refractivity contribution < 1.29 is 22.5 Å². The fourth-order valence-electron chi connectivity index (χ4n) is 0.871. The van der Waals surface area contributed by atoms with E-state index in [1.165, 1.54) is 31.4 Å².